The molecule has 1 N–H and O–H groups in total. The molecule has 1 aliphatic heterocycles. The number of rotatable bonds is 2. The molecule has 0 amide bonds. The number of fused-ring (bicyclic) bond motifs is 4. The molecule has 1 saturated heterocycles. The van der Waals surface area contributed by atoms with Crippen molar-refractivity contribution in [1.82, 2.24) is 19.5 Å². The molecule has 0 radical (unpaired) electrons. The van der Waals surface area contributed by atoms with Crippen LogP contribution in [0.5, 0.6) is 0 Å². The number of ether oxygens (including phenoxy) is 2. The van der Waals surface area contributed by atoms with Crippen LogP contribution >= 0.6 is 34.2 Å². The number of aromatic nitrogens is 4. The number of hydrogen-bond acceptors (Lipinski definition) is 6. The van der Waals surface area contributed by atoms with Crippen molar-refractivity contribution >= 4 is 51.3 Å². The monoisotopic (exact) mass is 486 g/mol. The lowest BCUT2D eigenvalue weighted by Crippen LogP contribution is -2.48. The third-order valence-corrected chi connectivity index (χ3v) is 5.95. The average molecular weight is 487 g/mol. The van der Waals surface area contributed by atoms with Crippen molar-refractivity contribution in [3.63, 3.8) is 0 Å². The lowest BCUT2D eigenvalue weighted by atomic mass is 9.69. The number of hydrogen-bond donors (Lipinski definition) is 1. The fourth-order valence-electron chi connectivity index (χ4n) is 4.20. The minimum atomic E-state index is -1.29. The summed E-state index contributed by atoms with van der Waals surface area (Å²) < 4.78 is 14.3. The molecular formula is C16H12ClIN4O4. The highest BCUT2D eigenvalue weighted by Gasteiger charge is 2.73. The maximum atomic E-state index is 12.1. The van der Waals surface area contributed by atoms with E-state index in [0.29, 0.717) is 15.0 Å². The second-order valence-electron chi connectivity index (χ2n) is 7.04. The Morgan fingerprint density at radius 2 is 2.19 bits per heavy atom. The van der Waals surface area contributed by atoms with E-state index in [4.69, 9.17) is 21.1 Å². The first-order chi connectivity index (χ1) is 12.2. The summed E-state index contributed by atoms with van der Waals surface area (Å²) >= 11 is 8.16. The van der Waals surface area contributed by atoms with Crippen molar-refractivity contribution in [3.05, 3.63) is 15.3 Å². The van der Waals surface area contributed by atoms with E-state index < -0.39 is 41.3 Å². The van der Waals surface area contributed by atoms with Gasteiger partial charge >= 0.3 is 5.97 Å². The molecule has 0 unspecified atom stereocenters. The molecule has 134 valence electrons. The number of carboxylic acid groups (broad SMARTS) is 1. The van der Waals surface area contributed by atoms with Crippen molar-refractivity contribution in [3.8, 4) is 11.8 Å². The number of halogens is 2. The van der Waals surface area contributed by atoms with Crippen LogP contribution in [0.25, 0.3) is 11.2 Å². The van der Waals surface area contributed by atoms with Gasteiger partial charge in [-0.15, -0.1) is 0 Å². The SMILES string of the molecule is CC1(C)O[C@H]2[C@H](n3cnc4c(Cl)nc(I)nc43)[C@H]3C#C[C@@]3(C(=O)O)[C@H]2O1. The molecule has 10 heteroatoms. The van der Waals surface area contributed by atoms with Gasteiger partial charge in [0.25, 0.3) is 0 Å². The second-order valence-corrected chi connectivity index (χ2v) is 8.36. The molecule has 3 heterocycles. The van der Waals surface area contributed by atoms with Crippen molar-refractivity contribution in [1.29, 1.82) is 0 Å². The molecule has 0 aromatic carbocycles. The van der Waals surface area contributed by atoms with Crippen LogP contribution in [0, 0.1) is 27.0 Å². The fourth-order valence-corrected chi connectivity index (χ4v) is 5.02. The van der Waals surface area contributed by atoms with E-state index in [0.717, 1.165) is 0 Å². The zero-order chi connectivity index (χ0) is 18.4. The Labute approximate surface area is 166 Å². The van der Waals surface area contributed by atoms with Crippen LogP contribution in [-0.2, 0) is 14.3 Å². The average Bonchev–Trinajstić information content (AvgIpc) is 3.08. The Morgan fingerprint density at radius 3 is 2.85 bits per heavy atom. The lowest BCUT2D eigenvalue weighted by molar-refractivity contribution is -0.180. The molecule has 1 saturated carbocycles. The summed E-state index contributed by atoms with van der Waals surface area (Å²) in [4.78, 5) is 25.0. The maximum absolute atomic E-state index is 12.1. The highest BCUT2D eigenvalue weighted by molar-refractivity contribution is 14.1. The molecule has 2 fully saturated rings. The van der Waals surface area contributed by atoms with E-state index in [2.05, 4.69) is 26.8 Å². The van der Waals surface area contributed by atoms with Gasteiger partial charge in [0.15, 0.2) is 25.8 Å². The molecule has 5 rings (SSSR count). The lowest BCUT2D eigenvalue weighted by Gasteiger charge is -2.36. The van der Waals surface area contributed by atoms with E-state index in [1.165, 1.54) is 0 Å². The molecule has 5 atom stereocenters. The Hall–Kier alpha value is -1.48. The molecule has 3 aliphatic rings. The summed E-state index contributed by atoms with van der Waals surface area (Å²) in [6.45, 7) is 3.54. The van der Waals surface area contributed by atoms with E-state index in [9.17, 15) is 9.90 Å². The van der Waals surface area contributed by atoms with Gasteiger partial charge < -0.3 is 19.1 Å². The molecule has 26 heavy (non-hydrogen) atoms. The Bertz CT molecular complexity index is 1040. The van der Waals surface area contributed by atoms with Crippen molar-refractivity contribution in [2.75, 3.05) is 0 Å². The smallest absolute Gasteiger partial charge is 0.326 e. The third kappa shape index (κ3) is 1.93. The maximum Gasteiger partial charge on any atom is 0.326 e. The predicted molar refractivity (Wildman–Crippen MR) is 97.2 cm³/mol. The van der Waals surface area contributed by atoms with Gasteiger partial charge in [-0.05, 0) is 13.8 Å². The molecular weight excluding hydrogens is 475 g/mol. The number of carboxylic acids is 1. The summed E-state index contributed by atoms with van der Waals surface area (Å²) in [6, 6.07) is -0.397. The number of carbonyl (C=O) groups is 1. The number of aliphatic carboxylic acids is 1. The van der Waals surface area contributed by atoms with Gasteiger partial charge in [0.1, 0.15) is 17.7 Å². The largest absolute Gasteiger partial charge is 0.480 e. The summed E-state index contributed by atoms with van der Waals surface area (Å²) in [6.07, 6.45) is 0.424. The van der Waals surface area contributed by atoms with E-state index in [1.807, 2.05) is 22.6 Å². The van der Waals surface area contributed by atoms with Crippen molar-refractivity contribution in [2.45, 2.75) is 37.9 Å². The van der Waals surface area contributed by atoms with Crippen LogP contribution in [-0.4, -0.2) is 48.6 Å². The number of imidazole rings is 1. The second kappa shape index (κ2) is 5.07. The van der Waals surface area contributed by atoms with Gasteiger partial charge in [0.05, 0.1) is 18.3 Å². The number of nitrogens with zero attached hydrogens (tertiary/aromatic N) is 4. The first kappa shape index (κ1) is 16.7. The quantitative estimate of drug-likeness (QED) is 0.299. The van der Waals surface area contributed by atoms with Crippen LogP contribution in [0.3, 0.4) is 0 Å². The zero-order valence-electron chi connectivity index (χ0n) is 13.6. The summed E-state index contributed by atoms with van der Waals surface area (Å²) in [5.74, 6) is 3.49. The molecule has 8 nitrogen and oxygen atoms in total. The Morgan fingerprint density at radius 1 is 1.42 bits per heavy atom. The highest BCUT2D eigenvalue weighted by Crippen LogP contribution is 2.60. The van der Waals surface area contributed by atoms with E-state index in [1.54, 1.807) is 24.7 Å². The topological polar surface area (TPSA) is 99.4 Å². The van der Waals surface area contributed by atoms with Crippen LogP contribution in [0.4, 0.5) is 0 Å². The van der Waals surface area contributed by atoms with E-state index >= 15 is 0 Å². The first-order valence-electron chi connectivity index (χ1n) is 7.92. The predicted octanol–water partition coefficient (Wildman–Crippen LogP) is 1.86. The summed E-state index contributed by atoms with van der Waals surface area (Å²) in [7, 11) is 0. The van der Waals surface area contributed by atoms with Crippen molar-refractivity contribution in [2.24, 2.45) is 11.3 Å². The van der Waals surface area contributed by atoms with Gasteiger partial charge in [0, 0.05) is 22.6 Å². The van der Waals surface area contributed by atoms with Gasteiger partial charge in [-0.3, -0.25) is 4.79 Å². The molecule has 2 aliphatic carbocycles. The minimum absolute atomic E-state index is 0.251. The molecule has 0 spiro atoms. The molecule has 2 aromatic rings. The highest BCUT2D eigenvalue weighted by atomic mass is 127. The van der Waals surface area contributed by atoms with Gasteiger partial charge in [0.2, 0.25) is 0 Å². The summed E-state index contributed by atoms with van der Waals surface area (Å²) in [5.41, 5.74) is -0.299. The summed E-state index contributed by atoms with van der Waals surface area (Å²) in [5, 5.41) is 10.2. The van der Waals surface area contributed by atoms with Crippen LogP contribution in [0.1, 0.15) is 19.9 Å². The Kier molecular flexibility index (Phi) is 3.25. The van der Waals surface area contributed by atoms with Gasteiger partial charge in [-0.25, -0.2) is 15.0 Å². The normalized spacial score (nSPS) is 36.2. The third-order valence-electron chi connectivity index (χ3n) is 5.21. The van der Waals surface area contributed by atoms with Crippen LogP contribution < -0.4 is 0 Å². The molecule has 2 aromatic heterocycles. The van der Waals surface area contributed by atoms with Gasteiger partial charge in [-0.1, -0.05) is 23.4 Å². The Balaban J connectivity index is 1.71. The molecule has 0 bridgehead atoms. The minimum Gasteiger partial charge on any atom is -0.480 e. The van der Waals surface area contributed by atoms with Crippen LogP contribution in [0.2, 0.25) is 5.15 Å². The zero-order valence-corrected chi connectivity index (χ0v) is 16.5. The first-order valence-corrected chi connectivity index (χ1v) is 9.37. The van der Waals surface area contributed by atoms with Gasteiger partial charge in [-0.2, -0.15) is 0 Å². The van der Waals surface area contributed by atoms with E-state index in [-0.39, 0.29) is 5.15 Å². The standard InChI is InChI=1S/C16H12ClIN4O4/c1-15(2)25-9-8(6-3-4-16(6,13(23)24)10(9)26-15)22-5-19-7-11(17)20-14(18)21-12(7)22/h5-6,8-10H,1-2H3,(H,23,24)/t6-,8-,9+,10+,16+/m1/s1. The van der Waals surface area contributed by atoms with Crippen molar-refractivity contribution < 1.29 is 19.4 Å². The fraction of sp³-hybridized carbons (Fsp3) is 0.500. The van der Waals surface area contributed by atoms with Crippen LogP contribution in [0.15, 0.2) is 6.33 Å².